The molecule has 0 saturated carbocycles. The summed E-state index contributed by atoms with van der Waals surface area (Å²) in [5.74, 6) is -0.0814. The first-order valence-electron chi connectivity index (χ1n) is 10.5. The lowest BCUT2D eigenvalue weighted by Gasteiger charge is -2.21. The Morgan fingerprint density at radius 2 is 1.64 bits per heavy atom. The maximum absolute atomic E-state index is 13.5. The first-order chi connectivity index (χ1) is 16.0. The Labute approximate surface area is 212 Å². The topological polar surface area (TPSA) is 33.2 Å². The van der Waals surface area contributed by atoms with Gasteiger partial charge in [-0.1, -0.05) is 84.2 Å². The van der Waals surface area contributed by atoms with E-state index < -0.39 is 0 Å². The Morgan fingerprint density at radius 1 is 0.939 bits per heavy atom. The van der Waals surface area contributed by atoms with E-state index in [4.69, 9.17) is 39.8 Å². The van der Waals surface area contributed by atoms with Crippen molar-refractivity contribution in [3.05, 3.63) is 98.3 Å². The molecular formula is C26H21Cl3N2OS. The molecule has 0 radical (unpaired) electrons. The van der Waals surface area contributed by atoms with Crippen molar-refractivity contribution in [2.75, 3.05) is 4.90 Å². The Morgan fingerprint density at radius 3 is 2.30 bits per heavy atom. The number of amides is 1. The van der Waals surface area contributed by atoms with Crippen LogP contribution in [-0.4, -0.2) is 10.9 Å². The lowest BCUT2D eigenvalue weighted by molar-refractivity contribution is -0.117. The second-order valence-electron chi connectivity index (χ2n) is 7.44. The number of carbonyl (C=O) groups excluding carboxylic acids is 1. The predicted octanol–water partition coefficient (Wildman–Crippen LogP) is 8.63. The minimum atomic E-state index is -0.0814. The average molecular weight is 516 g/mol. The van der Waals surface area contributed by atoms with E-state index in [1.807, 2.05) is 54.6 Å². The number of anilines is 2. The lowest BCUT2D eigenvalue weighted by Crippen LogP contribution is -2.26. The third-order valence-corrected chi connectivity index (χ3v) is 7.16. The van der Waals surface area contributed by atoms with Crippen LogP contribution in [0.5, 0.6) is 0 Å². The van der Waals surface area contributed by atoms with E-state index in [0.717, 1.165) is 28.1 Å². The SMILES string of the molecule is CCc1sc(N(C(=O)CCc2ccccc2)c2ccc(Cl)cc2Cl)nc1-c1ccc(Cl)cc1. The summed E-state index contributed by atoms with van der Waals surface area (Å²) in [5, 5.41) is 2.16. The molecule has 0 saturated heterocycles. The summed E-state index contributed by atoms with van der Waals surface area (Å²) in [7, 11) is 0. The molecule has 33 heavy (non-hydrogen) atoms. The van der Waals surface area contributed by atoms with E-state index in [1.165, 1.54) is 11.3 Å². The van der Waals surface area contributed by atoms with Crippen molar-refractivity contribution in [3.63, 3.8) is 0 Å². The highest BCUT2D eigenvalue weighted by Crippen LogP contribution is 2.40. The monoisotopic (exact) mass is 514 g/mol. The molecule has 0 bridgehead atoms. The number of aromatic nitrogens is 1. The second kappa shape index (κ2) is 10.7. The van der Waals surface area contributed by atoms with Gasteiger partial charge in [-0.05, 0) is 48.7 Å². The first kappa shape index (κ1) is 23.8. The summed E-state index contributed by atoms with van der Waals surface area (Å²) < 4.78 is 0. The van der Waals surface area contributed by atoms with Crippen LogP contribution in [0.3, 0.4) is 0 Å². The summed E-state index contributed by atoms with van der Waals surface area (Å²) in [6.07, 6.45) is 1.73. The number of aryl methyl sites for hydroxylation is 2. The third-order valence-electron chi connectivity index (χ3n) is 5.19. The lowest BCUT2D eigenvalue weighted by atomic mass is 10.1. The highest BCUT2D eigenvalue weighted by molar-refractivity contribution is 7.16. The van der Waals surface area contributed by atoms with E-state index >= 15 is 0 Å². The van der Waals surface area contributed by atoms with Gasteiger partial charge in [-0.25, -0.2) is 4.98 Å². The van der Waals surface area contributed by atoms with Gasteiger partial charge in [0.2, 0.25) is 5.91 Å². The van der Waals surface area contributed by atoms with E-state index in [1.54, 1.807) is 23.1 Å². The fraction of sp³-hybridized carbons (Fsp3) is 0.154. The van der Waals surface area contributed by atoms with Crippen LogP contribution in [-0.2, 0) is 17.6 Å². The largest absolute Gasteiger partial charge is 0.274 e. The van der Waals surface area contributed by atoms with Gasteiger partial charge in [0.25, 0.3) is 0 Å². The standard InChI is InChI=1S/C26H21Cl3N2OS/c1-2-23-25(18-9-11-19(27)12-10-18)30-26(33-23)31(22-14-13-20(28)16-21(22)29)24(32)15-8-17-6-4-3-5-7-17/h3-7,9-14,16H,2,8,15H2,1H3. The molecule has 0 N–H and O–H groups in total. The first-order valence-corrected chi connectivity index (χ1v) is 12.5. The van der Waals surface area contributed by atoms with Crippen LogP contribution < -0.4 is 4.90 Å². The van der Waals surface area contributed by atoms with Gasteiger partial charge >= 0.3 is 0 Å². The molecule has 1 heterocycles. The molecule has 7 heteroatoms. The number of nitrogens with zero attached hydrogens (tertiary/aromatic N) is 2. The van der Waals surface area contributed by atoms with Crippen LogP contribution >= 0.6 is 46.1 Å². The zero-order valence-electron chi connectivity index (χ0n) is 17.9. The van der Waals surface area contributed by atoms with Gasteiger partial charge in [-0.15, -0.1) is 11.3 Å². The van der Waals surface area contributed by atoms with Crippen LogP contribution in [0, 0.1) is 0 Å². The van der Waals surface area contributed by atoms with E-state index in [-0.39, 0.29) is 5.91 Å². The Kier molecular flexibility index (Phi) is 7.71. The van der Waals surface area contributed by atoms with Gasteiger partial charge in [0.05, 0.1) is 16.4 Å². The fourth-order valence-electron chi connectivity index (χ4n) is 3.52. The third kappa shape index (κ3) is 5.59. The molecule has 0 spiro atoms. The molecule has 3 nitrogen and oxygen atoms in total. The molecule has 0 unspecified atom stereocenters. The van der Waals surface area contributed by atoms with Crippen molar-refractivity contribution in [2.45, 2.75) is 26.2 Å². The molecule has 0 atom stereocenters. The van der Waals surface area contributed by atoms with Gasteiger partial charge in [0.1, 0.15) is 0 Å². The van der Waals surface area contributed by atoms with Crippen molar-refractivity contribution < 1.29 is 4.79 Å². The van der Waals surface area contributed by atoms with E-state index in [2.05, 4.69) is 6.92 Å². The highest BCUT2D eigenvalue weighted by Gasteiger charge is 2.25. The summed E-state index contributed by atoms with van der Waals surface area (Å²) in [6, 6.07) is 22.6. The zero-order valence-corrected chi connectivity index (χ0v) is 21.0. The second-order valence-corrected chi connectivity index (χ2v) is 9.78. The van der Waals surface area contributed by atoms with E-state index in [0.29, 0.717) is 38.7 Å². The molecule has 0 fully saturated rings. The van der Waals surface area contributed by atoms with Crippen LogP contribution in [0.1, 0.15) is 23.8 Å². The van der Waals surface area contributed by atoms with Gasteiger partial charge in [0, 0.05) is 26.9 Å². The van der Waals surface area contributed by atoms with Gasteiger partial charge in [0.15, 0.2) is 5.13 Å². The van der Waals surface area contributed by atoms with Crippen molar-refractivity contribution in [1.82, 2.24) is 4.98 Å². The average Bonchev–Trinajstić information content (AvgIpc) is 3.24. The zero-order chi connectivity index (χ0) is 23.4. The number of benzene rings is 3. The predicted molar refractivity (Wildman–Crippen MR) is 140 cm³/mol. The Hall–Kier alpha value is -2.37. The maximum atomic E-state index is 13.5. The summed E-state index contributed by atoms with van der Waals surface area (Å²) in [5.41, 5.74) is 3.47. The molecule has 0 aliphatic heterocycles. The normalized spacial score (nSPS) is 10.9. The fourth-order valence-corrected chi connectivity index (χ4v) is 5.19. The Balaban J connectivity index is 1.74. The molecule has 3 aromatic carbocycles. The summed E-state index contributed by atoms with van der Waals surface area (Å²) in [4.78, 5) is 21.1. The number of carbonyl (C=O) groups is 1. The van der Waals surface area contributed by atoms with Crippen molar-refractivity contribution in [3.8, 4) is 11.3 Å². The van der Waals surface area contributed by atoms with Gasteiger partial charge in [-0.3, -0.25) is 9.69 Å². The van der Waals surface area contributed by atoms with Crippen molar-refractivity contribution >= 4 is 62.9 Å². The number of rotatable bonds is 7. The molecule has 168 valence electrons. The smallest absolute Gasteiger partial charge is 0.233 e. The van der Waals surface area contributed by atoms with Crippen molar-refractivity contribution in [1.29, 1.82) is 0 Å². The van der Waals surface area contributed by atoms with Crippen LogP contribution in [0.2, 0.25) is 15.1 Å². The summed E-state index contributed by atoms with van der Waals surface area (Å²) in [6.45, 7) is 2.08. The molecule has 0 aliphatic rings. The molecule has 0 aliphatic carbocycles. The number of hydrogen-bond acceptors (Lipinski definition) is 3. The molecule has 4 rings (SSSR count). The summed E-state index contributed by atoms with van der Waals surface area (Å²) >= 11 is 20.2. The van der Waals surface area contributed by atoms with Crippen LogP contribution in [0.15, 0.2) is 72.8 Å². The molecule has 1 aromatic heterocycles. The molecule has 1 amide bonds. The van der Waals surface area contributed by atoms with Crippen LogP contribution in [0.4, 0.5) is 10.8 Å². The Bertz CT molecular complexity index is 1260. The van der Waals surface area contributed by atoms with Gasteiger partial charge < -0.3 is 0 Å². The number of halogens is 3. The quantitative estimate of drug-likeness (QED) is 0.247. The van der Waals surface area contributed by atoms with Gasteiger partial charge in [-0.2, -0.15) is 0 Å². The number of hydrogen-bond donors (Lipinski definition) is 0. The maximum Gasteiger partial charge on any atom is 0.233 e. The minimum Gasteiger partial charge on any atom is -0.274 e. The van der Waals surface area contributed by atoms with Crippen LogP contribution in [0.25, 0.3) is 11.3 Å². The van der Waals surface area contributed by atoms with Crippen molar-refractivity contribution in [2.24, 2.45) is 0 Å². The van der Waals surface area contributed by atoms with E-state index in [9.17, 15) is 4.79 Å². The number of thiazole rings is 1. The minimum absolute atomic E-state index is 0.0814. The highest BCUT2D eigenvalue weighted by atomic mass is 35.5. The molecule has 4 aromatic rings. The molecular weight excluding hydrogens is 495 g/mol.